The Balaban J connectivity index is 1.79. The molecule has 0 spiro atoms. The van der Waals surface area contributed by atoms with Gasteiger partial charge in [-0.1, -0.05) is 54.6 Å². The van der Waals surface area contributed by atoms with E-state index >= 15 is 0 Å². The van der Waals surface area contributed by atoms with Gasteiger partial charge in [-0.15, -0.1) is 0 Å². The van der Waals surface area contributed by atoms with Crippen LogP contribution in [0.3, 0.4) is 0 Å². The molecule has 2 N–H and O–H groups in total. The normalized spacial score (nSPS) is 16.2. The summed E-state index contributed by atoms with van der Waals surface area (Å²) in [6.45, 7) is 1.92. The number of rotatable bonds is 3. The lowest BCUT2D eigenvalue weighted by Crippen LogP contribution is -2.19. The molecule has 0 bridgehead atoms. The number of hydrogen-bond donors (Lipinski definition) is 2. The van der Waals surface area contributed by atoms with Crippen LogP contribution in [0.2, 0.25) is 0 Å². The maximum absolute atomic E-state index is 13.5. The fraction of sp³-hybridized carbons (Fsp3) is 0.200. The van der Waals surface area contributed by atoms with Gasteiger partial charge in [-0.25, -0.2) is 0 Å². The summed E-state index contributed by atoms with van der Waals surface area (Å²) in [7, 11) is 0. The zero-order chi connectivity index (χ0) is 20.7. The molecule has 150 valence electrons. The van der Waals surface area contributed by atoms with Crippen molar-refractivity contribution in [1.29, 1.82) is 0 Å². The van der Waals surface area contributed by atoms with Crippen molar-refractivity contribution in [3.05, 3.63) is 88.4 Å². The molecule has 5 rings (SSSR count). The molecule has 1 unspecified atom stereocenters. The van der Waals surface area contributed by atoms with Crippen LogP contribution in [-0.4, -0.2) is 19.7 Å². The second kappa shape index (κ2) is 7.34. The van der Waals surface area contributed by atoms with Gasteiger partial charge in [0.1, 0.15) is 11.4 Å². The summed E-state index contributed by atoms with van der Waals surface area (Å²) in [6, 6.07) is 16.8. The molecule has 0 saturated heterocycles. The van der Waals surface area contributed by atoms with Gasteiger partial charge in [-0.05, 0) is 49.8 Å². The van der Waals surface area contributed by atoms with Crippen LogP contribution < -0.4 is 5.56 Å². The zero-order valence-corrected chi connectivity index (χ0v) is 16.8. The standard InChI is InChI=1S/C25H23N3O2/c1-16-21(18-12-14-20(29)15-13-18)25(30)28-24(26-16)22(17-8-4-2-5-9-17)23(27-28)19-10-6-3-7-11-19/h2-4,6-7,10-15,17,26,29H,5,8-9H2,1H3. The summed E-state index contributed by atoms with van der Waals surface area (Å²) < 4.78 is 1.52. The molecule has 0 aliphatic heterocycles. The largest absolute Gasteiger partial charge is 0.508 e. The molecule has 0 fully saturated rings. The number of H-pyrrole nitrogens is 1. The predicted molar refractivity (Wildman–Crippen MR) is 119 cm³/mol. The van der Waals surface area contributed by atoms with Crippen LogP contribution >= 0.6 is 0 Å². The van der Waals surface area contributed by atoms with Gasteiger partial charge >= 0.3 is 0 Å². The third-order valence-corrected chi connectivity index (χ3v) is 5.89. The minimum absolute atomic E-state index is 0.151. The lowest BCUT2D eigenvalue weighted by molar-refractivity contribution is 0.475. The average Bonchev–Trinajstić information content (AvgIpc) is 3.16. The number of aromatic nitrogens is 3. The van der Waals surface area contributed by atoms with E-state index in [1.807, 2.05) is 37.3 Å². The van der Waals surface area contributed by atoms with E-state index in [4.69, 9.17) is 5.10 Å². The van der Waals surface area contributed by atoms with Crippen molar-refractivity contribution >= 4 is 5.65 Å². The molecule has 2 aromatic carbocycles. The van der Waals surface area contributed by atoms with Crippen molar-refractivity contribution in [2.45, 2.75) is 32.1 Å². The van der Waals surface area contributed by atoms with Crippen LogP contribution in [0.5, 0.6) is 5.75 Å². The van der Waals surface area contributed by atoms with E-state index in [0.717, 1.165) is 53.0 Å². The quantitative estimate of drug-likeness (QED) is 0.467. The summed E-state index contributed by atoms with van der Waals surface area (Å²) in [5, 5.41) is 14.4. The monoisotopic (exact) mass is 397 g/mol. The lowest BCUT2D eigenvalue weighted by atomic mass is 9.86. The molecular formula is C25H23N3O2. The fourth-order valence-electron chi connectivity index (χ4n) is 4.42. The number of phenols is 1. The Morgan fingerprint density at radius 2 is 1.80 bits per heavy atom. The number of aromatic hydroxyl groups is 1. The maximum Gasteiger partial charge on any atom is 0.282 e. The molecule has 5 heteroatoms. The van der Waals surface area contributed by atoms with Crippen molar-refractivity contribution < 1.29 is 5.11 Å². The van der Waals surface area contributed by atoms with Crippen LogP contribution in [0, 0.1) is 6.92 Å². The first-order valence-corrected chi connectivity index (χ1v) is 10.3. The molecule has 5 nitrogen and oxygen atoms in total. The highest BCUT2D eigenvalue weighted by Crippen LogP contribution is 2.38. The van der Waals surface area contributed by atoms with E-state index in [1.165, 1.54) is 4.52 Å². The minimum atomic E-state index is -0.151. The second-order valence-electron chi connectivity index (χ2n) is 7.85. The first kappa shape index (κ1) is 18.4. The summed E-state index contributed by atoms with van der Waals surface area (Å²) >= 11 is 0. The van der Waals surface area contributed by atoms with Gasteiger partial charge in [0.05, 0.1) is 11.3 Å². The van der Waals surface area contributed by atoms with Crippen molar-refractivity contribution in [3.8, 4) is 28.1 Å². The Bertz CT molecular complexity index is 1300. The van der Waals surface area contributed by atoms with E-state index in [1.54, 1.807) is 24.3 Å². The first-order chi connectivity index (χ1) is 14.6. The van der Waals surface area contributed by atoms with Gasteiger partial charge in [0, 0.05) is 16.8 Å². The highest BCUT2D eigenvalue weighted by molar-refractivity contribution is 5.74. The minimum Gasteiger partial charge on any atom is -0.508 e. The van der Waals surface area contributed by atoms with Gasteiger partial charge < -0.3 is 10.1 Å². The van der Waals surface area contributed by atoms with E-state index in [0.29, 0.717) is 11.5 Å². The number of aryl methyl sites for hydroxylation is 1. The van der Waals surface area contributed by atoms with E-state index < -0.39 is 0 Å². The maximum atomic E-state index is 13.5. The Labute approximate surface area is 174 Å². The molecule has 0 radical (unpaired) electrons. The van der Waals surface area contributed by atoms with Gasteiger partial charge in [0.2, 0.25) is 0 Å². The number of phenolic OH excluding ortho intramolecular Hbond substituents is 1. The molecular weight excluding hydrogens is 374 g/mol. The molecule has 1 aliphatic carbocycles. The smallest absolute Gasteiger partial charge is 0.282 e. The Morgan fingerprint density at radius 3 is 2.50 bits per heavy atom. The van der Waals surface area contributed by atoms with E-state index in [2.05, 4.69) is 17.1 Å². The number of benzene rings is 2. The highest BCUT2D eigenvalue weighted by atomic mass is 16.3. The number of allylic oxidation sites excluding steroid dienone is 2. The molecule has 0 saturated carbocycles. The van der Waals surface area contributed by atoms with E-state index in [-0.39, 0.29) is 11.3 Å². The number of nitrogens with zero attached hydrogens (tertiary/aromatic N) is 2. The fourth-order valence-corrected chi connectivity index (χ4v) is 4.42. The van der Waals surface area contributed by atoms with Gasteiger partial charge in [-0.2, -0.15) is 9.61 Å². The van der Waals surface area contributed by atoms with Crippen LogP contribution in [0.15, 0.2) is 71.5 Å². The Morgan fingerprint density at radius 1 is 1.03 bits per heavy atom. The zero-order valence-electron chi connectivity index (χ0n) is 16.8. The van der Waals surface area contributed by atoms with Crippen molar-refractivity contribution in [3.63, 3.8) is 0 Å². The van der Waals surface area contributed by atoms with Gasteiger partial charge in [0.25, 0.3) is 5.56 Å². The molecule has 1 atom stereocenters. The van der Waals surface area contributed by atoms with Crippen molar-refractivity contribution in [1.82, 2.24) is 14.6 Å². The molecule has 30 heavy (non-hydrogen) atoms. The summed E-state index contributed by atoms with van der Waals surface area (Å²) in [5.41, 5.74) is 5.75. The van der Waals surface area contributed by atoms with E-state index in [9.17, 15) is 9.90 Å². The Kier molecular flexibility index (Phi) is 4.51. The van der Waals surface area contributed by atoms with Crippen molar-refractivity contribution in [2.24, 2.45) is 0 Å². The van der Waals surface area contributed by atoms with Crippen LogP contribution in [0.4, 0.5) is 0 Å². The third kappa shape index (κ3) is 3.03. The number of aromatic amines is 1. The third-order valence-electron chi connectivity index (χ3n) is 5.89. The number of fused-ring (bicyclic) bond motifs is 1. The van der Waals surface area contributed by atoms with Crippen molar-refractivity contribution in [2.75, 3.05) is 0 Å². The van der Waals surface area contributed by atoms with Crippen LogP contribution in [0.1, 0.15) is 36.4 Å². The van der Waals surface area contributed by atoms with Gasteiger partial charge in [-0.3, -0.25) is 4.79 Å². The summed E-state index contributed by atoms with van der Waals surface area (Å²) in [4.78, 5) is 17.0. The average molecular weight is 397 g/mol. The SMILES string of the molecule is Cc1[nH]c2c(C3CC=CCC3)c(-c3ccccc3)nn2c(=O)c1-c1ccc(O)cc1. The Hall–Kier alpha value is -3.60. The van der Waals surface area contributed by atoms with Crippen LogP contribution in [0.25, 0.3) is 28.0 Å². The topological polar surface area (TPSA) is 70.4 Å². The number of hydrogen-bond acceptors (Lipinski definition) is 3. The summed E-state index contributed by atoms with van der Waals surface area (Å²) in [5.74, 6) is 0.490. The molecule has 0 amide bonds. The first-order valence-electron chi connectivity index (χ1n) is 10.3. The summed E-state index contributed by atoms with van der Waals surface area (Å²) in [6.07, 6.45) is 7.47. The highest BCUT2D eigenvalue weighted by Gasteiger charge is 2.26. The molecule has 2 heterocycles. The number of nitrogens with one attached hydrogen (secondary N) is 1. The molecule has 1 aliphatic rings. The second-order valence-corrected chi connectivity index (χ2v) is 7.85. The van der Waals surface area contributed by atoms with Gasteiger partial charge in [0.15, 0.2) is 0 Å². The predicted octanol–water partition coefficient (Wildman–Crippen LogP) is 5.19. The molecule has 4 aromatic rings. The molecule has 2 aromatic heterocycles. The lowest BCUT2D eigenvalue weighted by Gasteiger charge is -2.18. The van der Waals surface area contributed by atoms with Crippen LogP contribution in [-0.2, 0) is 0 Å².